The predicted molar refractivity (Wildman–Crippen MR) is 89.9 cm³/mol. The summed E-state index contributed by atoms with van der Waals surface area (Å²) >= 11 is 0. The summed E-state index contributed by atoms with van der Waals surface area (Å²) in [4.78, 5) is 17.2. The van der Waals surface area contributed by atoms with E-state index in [0.29, 0.717) is 18.0 Å². The number of urea groups is 1. The summed E-state index contributed by atoms with van der Waals surface area (Å²) in [5.41, 5.74) is 0. The molecule has 2 unspecified atom stereocenters. The van der Waals surface area contributed by atoms with Gasteiger partial charge in [-0.3, -0.25) is 4.90 Å². The van der Waals surface area contributed by atoms with E-state index in [1.807, 2.05) is 0 Å². The fraction of sp³-hybridized carbons (Fsp3) is 0.944. The van der Waals surface area contributed by atoms with Crippen molar-refractivity contribution in [1.82, 2.24) is 15.1 Å². The maximum atomic E-state index is 12.6. The quantitative estimate of drug-likeness (QED) is 0.870. The Hall–Kier alpha value is -0.770. The van der Waals surface area contributed by atoms with E-state index in [1.54, 1.807) is 0 Å². The lowest BCUT2D eigenvalue weighted by Gasteiger charge is -2.42. The molecular formula is C18H33N3O. The van der Waals surface area contributed by atoms with Crippen LogP contribution in [0.15, 0.2) is 0 Å². The number of nitrogens with zero attached hydrogens (tertiary/aromatic N) is 2. The third-order valence-electron chi connectivity index (χ3n) is 6.28. The lowest BCUT2D eigenvalue weighted by Crippen LogP contribution is -2.59. The summed E-state index contributed by atoms with van der Waals surface area (Å²) in [7, 11) is 0. The number of carbonyl (C=O) groups excluding carboxylic acids is 1. The van der Waals surface area contributed by atoms with E-state index < -0.39 is 0 Å². The summed E-state index contributed by atoms with van der Waals surface area (Å²) in [5.74, 6) is 1.64. The second-order valence-corrected chi connectivity index (χ2v) is 7.77. The molecule has 22 heavy (non-hydrogen) atoms. The van der Waals surface area contributed by atoms with E-state index in [0.717, 1.165) is 25.6 Å². The zero-order chi connectivity index (χ0) is 15.5. The van der Waals surface area contributed by atoms with E-state index in [-0.39, 0.29) is 6.03 Å². The highest BCUT2D eigenvalue weighted by Gasteiger charge is 2.36. The molecule has 0 spiro atoms. The minimum absolute atomic E-state index is 0.177. The Balaban J connectivity index is 1.43. The first-order chi connectivity index (χ1) is 10.7. The van der Waals surface area contributed by atoms with Crippen molar-refractivity contribution < 1.29 is 4.79 Å². The van der Waals surface area contributed by atoms with Gasteiger partial charge in [-0.2, -0.15) is 0 Å². The van der Waals surface area contributed by atoms with E-state index >= 15 is 0 Å². The van der Waals surface area contributed by atoms with Crippen LogP contribution in [0, 0.1) is 11.8 Å². The standard InChI is InChI=1S/C18H33N3O/c1-3-15-6-8-16(9-7-15)11-19-18(22)21-13-17-5-4-10-20(17)12-14(21)2/h14-17H,3-13H2,1-2H3,(H,19,22). The molecule has 3 aliphatic rings. The second-order valence-electron chi connectivity index (χ2n) is 7.77. The highest BCUT2D eigenvalue weighted by atomic mass is 16.2. The van der Waals surface area contributed by atoms with Gasteiger partial charge in [0.2, 0.25) is 0 Å². The van der Waals surface area contributed by atoms with E-state index in [4.69, 9.17) is 0 Å². The number of rotatable bonds is 3. The molecule has 4 heteroatoms. The number of amides is 2. The predicted octanol–water partition coefficient (Wildman–Crippen LogP) is 3.08. The Morgan fingerprint density at radius 3 is 2.55 bits per heavy atom. The average molecular weight is 307 g/mol. The van der Waals surface area contributed by atoms with Crippen molar-refractivity contribution in [2.24, 2.45) is 11.8 Å². The highest BCUT2D eigenvalue weighted by molar-refractivity contribution is 5.74. The molecule has 0 radical (unpaired) electrons. The van der Waals surface area contributed by atoms with Crippen LogP contribution in [0.5, 0.6) is 0 Å². The number of carbonyl (C=O) groups is 1. The smallest absolute Gasteiger partial charge is 0.317 e. The molecule has 2 heterocycles. The lowest BCUT2D eigenvalue weighted by molar-refractivity contribution is 0.0795. The molecule has 2 saturated heterocycles. The molecule has 126 valence electrons. The van der Waals surface area contributed by atoms with Gasteiger partial charge in [0.05, 0.1) is 0 Å². The van der Waals surface area contributed by atoms with Crippen LogP contribution < -0.4 is 5.32 Å². The van der Waals surface area contributed by atoms with Crippen LogP contribution in [0.1, 0.15) is 58.8 Å². The highest BCUT2D eigenvalue weighted by Crippen LogP contribution is 2.30. The van der Waals surface area contributed by atoms with Crippen LogP contribution in [-0.2, 0) is 0 Å². The van der Waals surface area contributed by atoms with Gasteiger partial charge in [-0.25, -0.2) is 4.79 Å². The fourth-order valence-corrected chi connectivity index (χ4v) is 4.65. The first-order valence-corrected chi connectivity index (χ1v) is 9.46. The Labute approximate surface area is 135 Å². The van der Waals surface area contributed by atoms with Gasteiger partial charge in [0.25, 0.3) is 0 Å². The van der Waals surface area contributed by atoms with E-state index in [1.165, 1.54) is 51.5 Å². The average Bonchev–Trinajstić information content (AvgIpc) is 2.99. The van der Waals surface area contributed by atoms with Crippen molar-refractivity contribution in [2.75, 3.05) is 26.2 Å². The molecule has 0 aromatic heterocycles. The molecule has 2 amide bonds. The summed E-state index contributed by atoms with van der Waals surface area (Å²) < 4.78 is 0. The maximum Gasteiger partial charge on any atom is 0.317 e. The summed E-state index contributed by atoms with van der Waals surface area (Å²) in [6.07, 6.45) is 9.19. The molecule has 1 aliphatic carbocycles. The van der Waals surface area contributed by atoms with Crippen molar-refractivity contribution in [1.29, 1.82) is 0 Å². The number of piperazine rings is 1. The molecular weight excluding hydrogens is 274 g/mol. The molecule has 2 aliphatic heterocycles. The minimum atomic E-state index is 0.177. The zero-order valence-corrected chi connectivity index (χ0v) is 14.4. The molecule has 3 fully saturated rings. The van der Waals surface area contributed by atoms with Gasteiger partial charge in [-0.1, -0.05) is 26.2 Å². The fourth-order valence-electron chi connectivity index (χ4n) is 4.65. The number of nitrogens with one attached hydrogen (secondary N) is 1. The number of hydrogen-bond donors (Lipinski definition) is 1. The second kappa shape index (κ2) is 7.20. The van der Waals surface area contributed by atoms with Gasteiger partial charge in [-0.15, -0.1) is 0 Å². The van der Waals surface area contributed by atoms with Crippen molar-refractivity contribution >= 4 is 6.03 Å². The van der Waals surface area contributed by atoms with Gasteiger partial charge >= 0.3 is 6.03 Å². The maximum absolute atomic E-state index is 12.6. The van der Waals surface area contributed by atoms with E-state index in [9.17, 15) is 4.79 Å². The molecule has 3 rings (SSSR count). The third-order valence-corrected chi connectivity index (χ3v) is 6.28. The summed E-state index contributed by atoms with van der Waals surface area (Å²) in [5, 5.41) is 3.23. The van der Waals surface area contributed by atoms with Crippen LogP contribution in [0.2, 0.25) is 0 Å². The largest absolute Gasteiger partial charge is 0.338 e. The van der Waals surface area contributed by atoms with Crippen molar-refractivity contribution in [3.63, 3.8) is 0 Å². The Bertz CT molecular complexity index is 379. The first kappa shape index (κ1) is 16.1. The SMILES string of the molecule is CCC1CCC(CNC(=O)N2CC3CCCN3CC2C)CC1. The Kier molecular flexibility index (Phi) is 5.27. The van der Waals surface area contributed by atoms with Gasteiger partial charge in [0.15, 0.2) is 0 Å². The van der Waals surface area contributed by atoms with Crippen LogP contribution in [-0.4, -0.2) is 54.1 Å². The van der Waals surface area contributed by atoms with Crippen molar-refractivity contribution in [3.05, 3.63) is 0 Å². The van der Waals surface area contributed by atoms with Gasteiger partial charge in [0.1, 0.15) is 0 Å². The van der Waals surface area contributed by atoms with Gasteiger partial charge in [-0.05, 0) is 51.0 Å². The molecule has 0 aromatic rings. The summed E-state index contributed by atoms with van der Waals surface area (Å²) in [6.45, 7) is 8.59. The third kappa shape index (κ3) is 3.58. The van der Waals surface area contributed by atoms with E-state index in [2.05, 4.69) is 29.0 Å². The molecule has 4 nitrogen and oxygen atoms in total. The van der Waals surface area contributed by atoms with Crippen LogP contribution in [0.25, 0.3) is 0 Å². The molecule has 1 saturated carbocycles. The zero-order valence-electron chi connectivity index (χ0n) is 14.4. The molecule has 0 bridgehead atoms. The topological polar surface area (TPSA) is 35.6 Å². The Morgan fingerprint density at radius 1 is 1.09 bits per heavy atom. The normalized spacial score (nSPS) is 36.2. The minimum Gasteiger partial charge on any atom is -0.338 e. The number of fused-ring (bicyclic) bond motifs is 1. The van der Waals surface area contributed by atoms with Crippen molar-refractivity contribution in [2.45, 2.75) is 70.9 Å². The Morgan fingerprint density at radius 2 is 1.82 bits per heavy atom. The first-order valence-electron chi connectivity index (χ1n) is 9.46. The summed E-state index contributed by atoms with van der Waals surface area (Å²) in [6, 6.07) is 1.14. The lowest BCUT2D eigenvalue weighted by atomic mass is 9.81. The van der Waals surface area contributed by atoms with Gasteiger partial charge < -0.3 is 10.2 Å². The van der Waals surface area contributed by atoms with Crippen LogP contribution in [0.3, 0.4) is 0 Å². The number of hydrogen-bond acceptors (Lipinski definition) is 2. The molecule has 1 N–H and O–H groups in total. The van der Waals surface area contributed by atoms with Crippen molar-refractivity contribution in [3.8, 4) is 0 Å². The molecule has 2 atom stereocenters. The van der Waals surface area contributed by atoms with Crippen LogP contribution in [0.4, 0.5) is 4.79 Å². The molecule has 0 aromatic carbocycles. The van der Waals surface area contributed by atoms with Gasteiger partial charge in [0, 0.05) is 31.7 Å². The van der Waals surface area contributed by atoms with Crippen LogP contribution >= 0.6 is 0 Å². The monoisotopic (exact) mass is 307 g/mol.